The number of halogens is 1. The van der Waals surface area contributed by atoms with Gasteiger partial charge in [0.05, 0.1) is 18.0 Å². The molecule has 0 radical (unpaired) electrons. The smallest absolute Gasteiger partial charge is 0.410 e. The van der Waals surface area contributed by atoms with Crippen molar-refractivity contribution >= 4 is 62.4 Å². The van der Waals surface area contributed by atoms with Gasteiger partial charge in [-0.25, -0.2) is 18.0 Å². The third-order valence-electron chi connectivity index (χ3n) is 10.3. The van der Waals surface area contributed by atoms with Crippen molar-refractivity contribution in [1.29, 1.82) is 0 Å². The summed E-state index contributed by atoms with van der Waals surface area (Å²) in [6.45, 7) is 8.26. The number of nitrogens with one attached hydrogen (secondary N) is 3. The van der Waals surface area contributed by atoms with Gasteiger partial charge in [-0.05, 0) is 103 Å². The van der Waals surface area contributed by atoms with Crippen molar-refractivity contribution in [3.63, 3.8) is 0 Å². The van der Waals surface area contributed by atoms with Gasteiger partial charge in [-0.15, -0.1) is 0 Å². The van der Waals surface area contributed by atoms with Crippen LogP contribution in [0.1, 0.15) is 79.1 Å². The number of benzene rings is 2. The molecule has 2 saturated heterocycles. The summed E-state index contributed by atoms with van der Waals surface area (Å²) in [5.41, 5.74) is -0.580. The van der Waals surface area contributed by atoms with Crippen LogP contribution in [-0.4, -0.2) is 111 Å². The molecule has 0 bridgehead atoms. The van der Waals surface area contributed by atoms with Crippen LogP contribution < -0.4 is 15.4 Å². The van der Waals surface area contributed by atoms with Crippen molar-refractivity contribution in [1.82, 2.24) is 25.2 Å². The van der Waals surface area contributed by atoms with Gasteiger partial charge in [0.25, 0.3) is 0 Å². The first-order valence-corrected chi connectivity index (χ1v) is 21.2. The minimum atomic E-state index is -4.29. The molecule has 0 aromatic heterocycles. The van der Waals surface area contributed by atoms with Crippen molar-refractivity contribution in [2.75, 3.05) is 45.9 Å². The molecule has 2 heterocycles. The van der Waals surface area contributed by atoms with Crippen LogP contribution in [0.3, 0.4) is 0 Å². The number of carbonyl (C=O) groups is 5. The minimum Gasteiger partial charge on any atom is -0.465 e. The highest BCUT2D eigenvalue weighted by Crippen LogP contribution is 2.31. The first-order chi connectivity index (χ1) is 26.5. The van der Waals surface area contributed by atoms with Crippen LogP contribution in [0, 0.1) is 17.8 Å². The second kappa shape index (κ2) is 20.3. The Kier molecular flexibility index (Phi) is 16.2. The zero-order valence-electron chi connectivity index (χ0n) is 32.7. The molecule has 1 unspecified atom stereocenters. The standard InChI is InChI=1S/C39H56ClN5O10S/c1-5-54-36(48)32(43-56(52,53)33-15-14-31(40)29-8-6-7-9-30(29)33)24-41-34(46)25-42-35(47)28(12-10-26-16-20-44(21-17-26)37(49)50)13-11-27-18-22-45(23-19-27)38(51)55-39(2,3)4/h6-9,14-15,26-28,32,43H,5,10-13,16-25H2,1-4H3,(H,41,46)(H,42,47)(H,49,50)/t28?,32-/m0/s1. The lowest BCUT2D eigenvalue weighted by Gasteiger charge is -2.34. The van der Waals surface area contributed by atoms with E-state index in [-0.39, 0.29) is 29.4 Å². The Morgan fingerprint density at radius 2 is 1.45 bits per heavy atom. The van der Waals surface area contributed by atoms with Crippen LogP contribution in [0.5, 0.6) is 0 Å². The predicted octanol–water partition coefficient (Wildman–Crippen LogP) is 5.15. The number of likely N-dealkylation sites (tertiary alicyclic amines) is 2. The lowest BCUT2D eigenvalue weighted by Crippen LogP contribution is -2.50. The normalized spacial score (nSPS) is 16.9. The van der Waals surface area contributed by atoms with Gasteiger partial charge in [-0.2, -0.15) is 4.72 Å². The summed E-state index contributed by atoms with van der Waals surface area (Å²) < 4.78 is 40.0. The number of carboxylic acid groups (broad SMARTS) is 1. The van der Waals surface area contributed by atoms with E-state index < -0.39 is 58.6 Å². The van der Waals surface area contributed by atoms with E-state index in [4.69, 9.17) is 21.1 Å². The molecule has 2 atom stereocenters. The number of rotatable bonds is 16. The molecule has 310 valence electrons. The maximum Gasteiger partial charge on any atom is 0.410 e. The van der Waals surface area contributed by atoms with Gasteiger partial charge < -0.3 is 35.0 Å². The van der Waals surface area contributed by atoms with E-state index in [9.17, 15) is 37.5 Å². The molecule has 56 heavy (non-hydrogen) atoms. The van der Waals surface area contributed by atoms with Crippen molar-refractivity contribution in [3.8, 4) is 0 Å². The lowest BCUT2D eigenvalue weighted by molar-refractivity contribution is -0.145. The van der Waals surface area contributed by atoms with Gasteiger partial charge in [0.1, 0.15) is 11.6 Å². The average molecular weight is 822 g/mol. The molecular formula is C39H56ClN5O10S. The van der Waals surface area contributed by atoms with Crippen molar-refractivity contribution in [2.45, 2.75) is 95.6 Å². The van der Waals surface area contributed by atoms with Gasteiger partial charge in [0.15, 0.2) is 0 Å². The van der Waals surface area contributed by atoms with E-state index in [0.29, 0.717) is 73.6 Å². The van der Waals surface area contributed by atoms with Gasteiger partial charge in [0, 0.05) is 54.4 Å². The van der Waals surface area contributed by atoms with Crippen LogP contribution in [-0.2, 0) is 33.9 Å². The Hall–Kier alpha value is -4.15. The van der Waals surface area contributed by atoms with Gasteiger partial charge >= 0.3 is 18.2 Å². The first-order valence-electron chi connectivity index (χ1n) is 19.3. The summed E-state index contributed by atoms with van der Waals surface area (Å²) in [4.78, 5) is 66.4. The molecule has 0 spiro atoms. The zero-order chi connectivity index (χ0) is 41.0. The summed E-state index contributed by atoms with van der Waals surface area (Å²) in [6, 6.07) is 8.00. The second-order valence-corrected chi connectivity index (χ2v) is 17.6. The van der Waals surface area contributed by atoms with Crippen LogP contribution in [0.4, 0.5) is 9.59 Å². The number of amides is 4. The quantitative estimate of drug-likeness (QED) is 0.164. The molecule has 4 N–H and O–H groups in total. The fraction of sp³-hybridized carbons (Fsp3) is 0.615. The molecule has 4 rings (SSSR count). The summed E-state index contributed by atoms with van der Waals surface area (Å²) in [5.74, 6) is -1.64. The van der Waals surface area contributed by atoms with Crippen LogP contribution in [0.2, 0.25) is 5.02 Å². The van der Waals surface area contributed by atoms with E-state index in [2.05, 4.69) is 15.4 Å². The zero-order valence-corrected chi connectivity index (χ0v) is 34.3. The molecule has 0 saturated carbocycles. The van der Waals surface area contributed by atoms with Crippen LogP contribution >= 0.6 is 11.6 Å². The molecule has 0 aliphatic carbocycles. The van der Waals surface area contributed by atoms with Crippen molar-refractivity contribution in [2.24, 2.45) is 17.8 Å². The van der Waals surface area contributed by atoms with Crippen LogP contribution in [0.25, 0.3) is 10.8 Å². The maximum absolute atomic E-state index is 13.6. The third-order valence-corrected chi connectivity index (χ3v) is 12.1. The topological polar surface area (TPSA) is 201 Å². The highest BCUT2D eigenvalue weighted by molar-refractivity contribution is 7.89. The number of piperidine rings is 2. The highest BCUT2D eigenvalue weighted by atomic mass is 35.5. The maximum atomic E-state index is 13.6. The molecule has 2 fully saturated rings. The Labute approximate surface area is 334 Å². The van der Waals surface area contributed by atoms with Crippen LogP contribution in [0.15, 0.2) is 41.3 Å². The second-order valence-electron chi connectivity index (χ2n) is 15.5. The van der Waals surface area contributed by atoms with Gasteiger partial charge in [0.2, 0.25) is 21.8 Å². The Balaban J connectivity index is 1.34. The molecule has 2 aliphatic rings. The van der Waals surface area contributed by atoms with E-state index in [1.54, 1.807) is 36.1 Å². The Morgan fingerprint density at radius 3 is 2.00 bits per heavy atom. The number of carbonyl (C=O) groups excluding carboxylic acids is 4. The third kappa shape index (κ3) is 13.2. The van der Waals surface area contributed by atoms with Crippen molar-refractivity contribution in [3.05, 3.63) is 41.4 Å². The van der Waals surface area contributed by atoms with Gasteiger partial charge in [-0.3, -0.25) is 14.4 Å². The number of sulfonamides is 1. The number of esters is 1. The molecule has 4 amide bonds. The largest absolute Gasteiger partial charge is 0.465 e. The Morgan fingerprint density at radius 1 is 0.875 bits per heavy atom. The van der Waals surface area contributed by atoms with Gasteiger partial charge in [-0.1, -0.05) is 35.9 Å². The monoisotopic (exact) mass is 821 g/mol. The van der Waals surface area contributed by atoms with E-state index in [1.165, 1.54) is 17.0 Å². The summed E-state index contributed by atoms with van der Waals surface area (Å²) >= 11 is 6.28. The lowest BCUT2D eigenvalue weighted by atomic mass is 9.84. The van der Waals surface area contributed by atoms with E-state index in [0.717, 1.165) is 25.7 Å². The number of fused-ring (bicyclic) bond motifs is 1. The number of hydrogen-bond acceptors (Lipinski definition) is 9. The van der Waals surface area contributed by atoms with E-state index >= 15 is 0 Å². The minimum absolute atomic E-state index is 0.0200. The molecule has 2 aromatic rings. The Bertz CT molecular complexity index is 1800. The molecule has 17 heteroatoms. The predicted molar refractivity (Wildman–Crippen MR) is 211 cm³/mol. The number of nitrogens with zero attached hydrogens (tertiary/aromatic N) is 2. The average Bonchev–Trinajstić information content (AvgIpc) is 3.15. The fourth-order valence-electron chi connectivity index (χ4n) is 7.15. The van der Waals surface area contributed by atoms with Crippen molar-refractivity contribution < 1.29 is 47.0 Å². The summed E-state index contributed by atoms with van der Waals surface area (Å²) in [5, 5.41) is 15.8. The summed E-state index contributed by atoms with van der Waals surface area (Å²) in [7, 11) is -4.29. The SMILES string of the molecule is CCOC(=O)[C@H](CNC(=O)CNC(=O)C(CCC1CCN(C(=O)O)CC1)CCC1CCN(C(=O)OC(C)(C)C)CC1)NS(=O)(=O)c1ccc(Cl)c2ccccc12. The summed E-state index contributed by atoms with van der Waals surface area (Å²) in [6.07, 6.45) is 4.36. The molecule has 15 nitrogen and oxygen atoms in total. The molecular weight excluding hydrogens is 766 g/mol. The molecule has 2 aromatic carbocycles. The first kappa shape index (κ1) is 44.6. The number of ether oxygens (including phenoxy) is 2. The number of hydrogen-bond donors (Lipinski definition) is 4. The molecule has 2 aliphatic heterocycles. The highest BCUT2D eigenvalue weighted by Gasteiger charge is 2.31. The van der Waals surface area contributed by atoms with E-state index in [1.807, 2.05) is 20.8 Å². The fourth-order valence-corrected chi connectivity index (χ4v) is 8.77.